The van der Waals surface area contributed by atoms with Crippen LogP contribution in [0.2, 0.25) is 10.0 Å². The minimum absolute atomic E-state index is 0.0439. The van der Waals surface area contributed by atoms with E-state index in [9.17, 15) is 13.2 Å². The van der Waals surface area contributed by atoms with Gasteiger partial charge in [0.1, 0.15) is 0 Å². The van der Waals surface area contributed by atoms with Crippen LogP contribution >= 0.6 is 23.2 Å². The SMILES string of the molecule is CS(=O)(=O)OCCC(CCNC(=O)c1ccccc1)c1ccc(Cl)c(Cl)c1. The summed E-state index contributed by atoms with van der Waals surface area (Å²) in [4.78, 5) is 12.2. The molecule has 0 aliphatic carbocycles. The third kappa shape index (κ3) is 7.50. The van der Waals surface area contributed by atoms with Crippen molar-refractivity contribution >= 4 is 39.2 Å². The highest BCUT2D eigenvalue weighted by Crippen LogP contribution is 2.30. The van der Waals surface area contributed by atoms with Crippen LogP contribution in [0.4, 0.5) is 0 Å². The molecule has 0 saturated carbocycles. The van der Waals surface area contributed by atoms with E-state index in [-0.39, 0.29) is 18.4 Å². The average Bonchev–Trinajstić information content (AvgIpc) is 2.62. The molecule has 0 aliphatic rings. The van der Waals surface area contributed by atoms with Crippen molar-refractivity contribution in [3.63, 3.8) is 0 Å². The standard InChI is InChI=1S/C19H21Cl2NO4S/c1-27(24,25)26-12-10-14(16-7-8-17(20)18(21)13-16)9-11-22-19(23)15-5-3-2-4-6-15/h2-8,13-14H,9-12H2,1H3,(H,22,23). The first-order valence-electron chi connectivity index (χ1n) is 8.39. The van der Waals surface area contributed by atoms with Gasteiger partial charge in [0.05, 0.1) is 22.9 Å². The number of hydrogen-bond acceptors (Lipinski definition) is 4. The number of nitrogens with one attached hydrogen (secondary N) is 1. The molecule has 2 aromatic carbocycles. The Morgan fingerprint density at radius 1 is 1.07 bits per heavy atom. The Bertz CT molecular complexity index is 873. The van der Waals surface area contributed by atoms with Gasteiger partial charge in [-0.25, -0.2) is 0 Å². The van der Waals surface area contributed by atoms with E-state index in [0.717, 1.165) is 11.8 Å². The summed E-state index contributed by atoms with van der Waals surface area (Å²) in [5.41, 5.74) is 1.50. The van der Waals surface area contributed by atoms with E-state index in [1.54, 1.807) is 36.4 Å². The fourth-order valence-corrected chi connectivity index (χ4v) is 3.34. The molecule has 0 bridgehead atoms. The third-order valence-corrected chi connectivity index (χ3v) is 5.33. The predicted octanol–water partition coefficient (Wildman–Crippen LogP) is 4.26. The van der Waals surface area contributed by atoms with Crippen LogP contribution in [0.1, 0.15) is 34.7 Å². The Kier molecular flexibility index (Phi) is 8.10. The van der Waals surface area contributed by atoms with E-state index < -0.39 is 10.1 Å². The van der Waals surface area contributed by atoms with E-state index in [1.165, 1.54) is 0 Å². The van der Waals surface area contributed by atoms with E-state index in [4.69, 9.17) is 27.4 Å². The van der Waals surface area contributed by atoms with Crippen LogP contribution in [0.25, 0.3) is 0 Å². The molecule has 0 aromatic heterocycles. The quantitative estimate of drug-likeness (QED) is 0.604. The first kappa shape index (κ1) is 21.7. The molecule has 1 amide bonds. The first-order valence-corrected chi connectivity index (χ1v) is 11.0. The van der Waals surface area contributed by atoms with E-state index >= 15 is 0 Å². The number of rotatable bonds is 9. The van der Waals surface area contributed by atoms with Crippen molar-refractivity contribution in [3.8, 4) is 0 Å². The Labute approximate surface area is 169 Å². The largest absolute Gasteiger partial charge is 0.352 e. The van der Waals surface area contributed by atoms with E-state index in [2.05, 4.69) is 5.32 Å². The minimum Gasteiger partial charge on any atom is -0.352 e. The maximum atomic E-state index is 12.2. The molecule has 0 saturated heterocycles. The van der Waals surface area contributed by atoms with Gasteiger partial charge >= 0.3 is 0 Å². The van der Waals surface area contributed by atoms with Gasteiger partial charge in [0, 0.05) is 12.1 Å². The molecule has 0 fully saturated rings. The zero-order chi connectivity index (χ0) is 19.9. The van der Waals surface area contributed by atoms with Crippen molar-refractivity contribution in [3.05, 3.63) is 69.7 Å². The summed E-state index contributed by atoms with van der Waals surface area (Å²) in [6.07, 6.45) is 2.08. The second-order valence-corrected chi connectivity index (χ2v) is 8.55. The van der Waals surface area contributed by atoms with Crippen molar-refractivity contribution in [1.29, 1.82) is 0 Å². The van der Waals surface area contributed by atoms with Gasteiger partial charge < -0.3 is 5.32 Å². The summed E-state index contributed by atoms with van der Waals surface area (Å²) < 4.78 is 27.2. The third-order valence-electron chi connectivity index (χ3n) is 3.99. The molecule has 2 rings (SSSR count). The molecule has 2 aromatic rings. The predicted molar refractivity (Wildman–Crippen MR) is 108 cm³/mol. The van der Waals surface area contributed by atoms with Gasteiger partial charge in [-0.05, 0) is 48.6 Å². The molecule has 1 unspecified atom stereocenters. The second kappa shape index (κ2) is 10.1. The minimum atomic E-state index is -3.50. The lowest BCUT2D eigenvalue weighted by molar-refractivity contribution is 0.0952. The molecular formula is C19H21Cl2NO4S. The summed E-state index contributed by atoms with van der Waals surface area (Å²) in [5, 5.41) is 3.75. The van der Waals surface area contributed by atoms with Crippen molar-refractivity contribution in [1.82, 2.24) is 5.32 Å². The van der Waals surface area contributed by atoms with Crippen LogP contribution in [-0.4, -0.2) is 33.7 Å². The number of benzene rings is 2. The smallest absolute Gasteiger partial charge is 0.264 e. The number of carbonyl (C=O) groups is 1. The van der Waals surface area contributed by atoms with Gasteiger partial charge in [0.15, 0.2) is 0 Å². The second-order valence-electron chi connectivity index (χ2n) is 6.10. The molecule has 1 N–H and O–H groups in total. The average molecular weight is 430 g/mol. The molecule has 146 valence electrons. The van der Waals surface area contributed by atoms with Crippen molar-refractivity contribution in [2.75, 3.05) is 19.4 Å². The zero-order valence-corrected chi connectivity index (χ0v) is 17.2. The molecule has 8 heteroatoms. The summed E-state index contributed by atoms with van der Waals surface area (Å²) >= 11 is 12.1. The number of halogens is 2. The molecular weight excluding hydrogens is 409 g/mol. The van der Waals surface area contributed by atoms with Gasteiger partial charge in [-0.1, -0.05) is 47.5 Å². The molecule has 0 radical (unpaired) electrons. The number of amides is 1. The van der Waals surface area contributed by atoms with Crippen LogP contribution in [-0.2, 0) is 14.3 Å². The summed E-state index contributed by atoms with van der Waals surface area (Å²) in [6, 6.07) is 14.2. The maximum Gasteiger partial charge on any atom is 0.264 e. The summed E-state index contributed by atoms with van der Waals surface area (Å²) in [5.74, 6) is -0.200. The van der Waals surface area contributed by atoms with Gasteiger partial charge in [0.25, 0.3) is 16.0 Å². The highest BCUT2D eigenvalue weighted by atomic mass is 35.5. The van der Waals surface area contributed by atoms with Crippen molar-refractivity contribution in [2.45, 2.75) is 18.8 Å². The van der Waals surface area contributed by atoms with Crippen molar-refractivity contribution < 1.29 is 17.4 Å². The summed E-state index contributed by atoms with van der Waals surface area (Å²) in [7, 11) is -3.50. The van der Waals surface area contributed by atoms with E-state index in [1.807, 2.05) is 12.1 Å². The maximum absolute atomic E-state index is 12.2. The fraction of sp³-hybridized carbons (Fsp3) is 0.316. The first-order chi connectivity index (χ1) is 12.8. The Balaban J connectivity index is 2.00. The molecule has 5 nitrogen and oxygen atoms in total. The van der Waals surface area contributed by atoms with E-state index in [0.29, 0.717) is 35.0 Å². The highest BCUT2D eigenvalue weighted by Gasteiger charge is 2.15. The van der Waals surface area contributed by atoms with Crippen LogP contribution in [0.15, 0.2) is 48.5 Å². The molecule has 0 aliphatic heterocycles. The lowest BCUT2D eigenvalue weighted by atomic mass is 9.93. The number of carbonyl (C=O) groups excluding carboxylic acids is 1. The van der Waals surface area contributed by atoms with Crippen LogP contribution in [0.3, 0.4) is 0 Å². The highest BCUT2D eigenvalue weighted by molar-refractivity contribution is 7.85. The molecule has 0 heterocycles. The Hall–Kier alpha value is -1.60. The van der Waals surface area contributed by atoms with Crippen molar-refractivity contribution in [2.24, 2.45) is 0 Å². The monoisotopic (exact) mass is 429 g/mol. The lowest BCUT2D eigenvalue weighted by Crippen LogP contribution is -2.26. The Morgan fingerprint density at radius 3 is 2.41 bits per heavy atom. The normalized spacial score (nSPS) is 12.6. The van der Waals surface area contributed by atoms with Gasteiger partial charge in [0.2, 0.25) is 0 Å². The molecule has 0 spiro atoms. The van der Waals surface area contributed by atoms with Crippen LogP contribution < -0.4 is 5.32 Å². The van der Waals surface area contributed by atoms with Gasteiger partial charge in [-0.3, -0.25) is 8.98 Å². The molecule has 27 heavy (non-hydrogen) atoms. The lowest BCUT2D eigenvalue weighted by Gasteiger charge is -2.18. The van der Waals surface area contributed by atoms with Gasteiger partial charge in [-0.2, -0.15) is 8.42 Å². The van der Waals surface area contributed by atoms with Gasteiger partial charge in [-0.15, -0.1) is 0 Å². The van der Waals surface area contributed by atoms with Crippen LogP contribution in [0.5, 0.6) is 0 Å². The topological polar surface area (TPSA) is 72.5 Å². The Morgan fingerprint density at radius 2 is 1.78 bits per heavy atom. The summed E-state index contributed by atoms with van der Waals surface area (Å²) in [6.45, 7) is 0.480. The zero-order valence-electron chi connectivity index (χ0n) is 14.8. The fourth-order valence-electron chi connectivity index (χ4n) is 2.64. The molecule has 1 atom stereocenters. The number of hydrogen-bond donors (Lipinski definition) is 1. The van der Waals surface area contributed by atoms with Crippen LogP contribution in [0, 0.1) is 0 Å².